The molecule has 1 aliphatic carbocycles. The number of ether oxygens (including phenoxy) is 3. The average Bonchev–Trinajstić information content (AvgIpc) is 3.20. The molecule has 0 bridgehead atoms. The van der Waals surface area contributed by atoms with E-state index in [9.17, 15) is 9.59 Å². The second-order valence-corrected chi connectivity index (χ2v) is 7.71. The average molecular weight is 456 g/mol. The molecular formula is C28H25NO5. The Labute approximate surface area is 198 Å². The number of fused-ring (bicyclic) bond motifs is 3. The number of amides is 1. The second-order valence-electron chi connectivity index (χ2n) is 7.71. The Hall–Kier alpha value is -4.24. The minimum Gasteiger partial charge on any atom is -0.495 e. The van der Waals surface area contributed by atoms with Crippen LogP contribution in [-0.4, -0.2) is 39.4 Å². The lowest BCUT2D eigenvalue weighted by molar-refractivity contribution is 0.0600. The van der Waals surface area contributed by atoms with Crippen LogP contribution >= 0.6 is 0 Å². The summed E-state index contributed by atoms with van der Waals surface area (Å²) in [6, 6.07) is 21.3. The zero-order valence-corrected chi connectivity index (χ0v) is 19.1. The monoisotopic (exact) mass is 455 g/mol. The van der Waals surface area contributed by atoms with E-state index in [0.717, 1.165) is 0 Å². The molecule has 0 fully saturated rings. The first kappa shape index (κ1) is 22.9. The fraction of sp³-hybridized carbons (Fsp3) is 0.214. The lowest BCUT2D eigenvalue weighted by Gasteiger charge is -2.14. The lowest BCUT2D eigenvalue weighted by Crippen LogP contribution is -2.26. The summed E-state index contributed by atoms with van der Waals surface area (Å²) in [5.74, 6) is 6.11. The number of carbonyl (C=O) groups excluding carboxylic acids is 2. The van der Waals surface area contributed by atoms with Gasteiger partial charge in [0, 0.05) is 18.9 Å². The van der Waals surface area contributed by atoms with Gasteiger partial charge in [-0.25, -0.2) is 9.59 Å². The van der Waals surface area contributed by atoms with Gasteiger partial charge in [-0.15, -0.1) is 0 Å². The van der Waals surface area contributed by atoms with Gasteiger partial charge < -0.3 is 19.5 Å². The molecule has 3 aromatic rings. The quantitative estimate of drug-likeness (QED) is 0.330. The minimum atomic E-state index is -0.478. The Kier molecular flexibility index (Phi) is 7.14. The molecule has 6 nitrogen and oxygen atoms in total. The maximum Gasteiger partial charge on any atom is 0.407 e. The zero-order chi connectivity index (χ0) is 23.9. The number of esters is 1. The third kappa shape index (κ3) is 4.89. The Bertz CT molecular complexity index is 1230. The third-order valence-electron chi connectivity index (χ3n) is 5.71. The van der Waals surface area contributed by atoms with E-state index >= 15 is 0 Å². The molecule has 0 atom stereocenters. The number of hydrogen-bond donors (Lipinski definition) is 1. The first-order valence-electron chi connectivity index (χ1n) is 11.0. The van der Waals surface area contributed by atoms with Crippen molar-refractivity contribution in [2.24, 2.45) is 0 Å². The van der Waals surface area contributed by atoms with Crippen molar-refractivity contribution in [2.45, 2.75) is 12.3 Å². The van der Waals surface area contributed by atoms with E-state index < -0.39 is 12.1 Å². The second kappa shape index (κ2) is 10.6. The Morgan fingerprint density at radius 3 is 2.26 bits per heavy atom. The summed E-state index contributed by atoms with van der Waals surface area (Å²) in [5, 5.41) is 2.74. The first-order chi connectivity index (χ1) is 16.6. The molecule has 0 radical (unpaired) electrons. The van der Waals surface area contributed by atoms with E-state index in [4.69, 9.17) is 14.2 Å². The number of benzene rings is 3. The van der Waals surface area contributed by atoms with Gasteiger partial charge in [-0.2, -0.15) is 0 Å². The summed E-state index contributed by atoms with van der Waals surface area (Å²) >= 11 is 0. The molecule has 34 heavy (non-hydrogen) atoms. The number of rotatable bonds is 6. The van der Waals surface area contributed by atoms with Gasteiger partial charge in [-0.3, -0.25) is 0 Å². The van der Waals surface area contributed by atoms with Crippen LogP contribution in [0, 0.1) is 11.8 Å². The SMILES string of the molecule is COC(=O)c1ccc(OC)c(C#CCCNC(=O)OCC2c3ccccc3-c3ccccc32)c1. The van der Waals surface area contributed by atoms with Crippen LogP contribution in [0.15, 0.2) is 66.7 Å². The van der Waals surface area contributed by atoms with E-state index in [1.807, 2.05) is 24.3 Å². The summed E-state index contributed by atoms with van der Waals surface area (Å²) < 4.78 is 15.6. The zero-order valence-electron chi connectivity index (χ0n) is 19.1. The van der Waals surface area contributed by atoms with Crippen molar-refractivity contribution in [1.29, 1.82) is 0 Å². The summed E-state index contributed by atoms with van der Waals surface area (Å²) in [5.41, 5.74) is 5.69. The van der Waals surface area contributed by atoms with Crippen molar-refractivity contribution in [3.05, 3.63) is 89.0 Å². The van der Waals surface area contributed by atoms with Crippen LogP contribution in [-0.2, 0) is 9.47 Å². The standard InChI is InChI=1S/C28H25NO5/c1-32-26-15-14-20(27(30)33-2)17-19(26)9-7-8-16-29-28(31)34-18-25-23-12-5-3-10-21(23)22-11-4-6-13-24(22)25/h3-6,10-15,17,25H,8,16,18H2,1-2H3,(H,29,31). The molecular weight excluding hydrogens is 430 g/mol. The fourth-order valence-electron chi connectivity index (χ4n) is 4.08. The van der Waals surface area contributed by atoms with Crippen LogP contribution < -0.4 is 10.1 Å². The normalized spacial score (nSPS) is 11.5. The number of alkyl carbamates (subject to hydrolysis) is 1. The highest BCUT2D eigenvalue weighted by Crippen LogP contribution is 2.44. The van der Waals surface area contributed by atoms with Gasteiger partial charge in [0.2, 0.25) is 0 Å². The van der Waals surface area contributed by atoms with Gasteiger partial charge in [-0.05, 0) is 40.5 Å². The highest BCUT2D eigenvalue weighted by Gasteiger charge is 2.28. The van der Waals surface area contributed by atoms with Crippen LogP contribution in [0.25, 0.3) is 11.1 Å². The van der Waals surface area contributed by atoms with Crippen LogP contribution in [0.3, 0.4) is 0 Å². The van der Waals surface area contributed by atoms with Gasteiger partial charge in [-0.1, -0.05) is 60.4 Å². The highest BCUT2D eigenvalue weighted by atomic mass is 16.5. The van der Waals surface area contributed by atoms with E-state index in [-0.39, 0.29) is 12.5 Å². The van der Waals surface area contributed by atoms with Crippen molar-refractivity contribution >= 4 is 12.1 Å². The van der Waals surface area contributed by atoms with Crippen LogP contribution in [0.2, 0.25) is 0 Å². The largest absolute Gasteiger partial charge is 0.495 e. The van der Waals surface area contributed by atoms with Crippen molar-refractivity contribution in [2.75, 3.05) is 27.4 Å². The summed E-state index contributed by atoms with van der Waals surface area (Å²) in [6.07, 6.45) is -0.0653. The molecule has 0 heterocycles. The molecule has 1 N–H and O–H groups in total. The van der Waals surface area contributed by atoms with E-state index in [2.05, 4.69) is 41.4 Å². The van der Waals surface area contributed by atoms with Crippen molar-refractivity contribution in [1.82, 2.24) is 5.32 Å². The van der Waals surface area contributed by atoms with Crippen LogP contribution in [0.4, 0.5) is 4.79 Å². The molecule has 0 aliphatic heterocycles. The topological polar surface area (TPSA) is 73.9 Å². The van der Waals surface area contributed by atoms with Gasteiger partial charge >= 0.3 is 12.1 Å². The minimum absolute atomic E-state index is 0.0208. The number of carbonyl (C=O) groups is 2. The summed E-state index contributed by atoms with van der Waals surface area (Å²) in [4.78, 5) is 24.0. The van der Waals surface area contributed by atoms with Crippen molar-refractivity contribution in [3.8, 4) is 28.7 Å². The molecule has 4 rings (SSSR count). The molecule has 1 amide bonds. The predicted octanol–water partition coefficient (Wildman–Crippen LogP) is 4.76. The smallest absolute Gasteiger partial charge is 0.407 e. The van der Waals surface area contributed by atoms with Crippen LogP contribution in [0.1, 0.15) is 39.4 Å². The number of hydrogen-bond acceptors (Lipinski definition) is 5. The number of nitrogens with one attached hydrogen (secondary N) is 1. The molecule has 6 heteroatoms. The lowest BCUT2D eigenvalue weighted by atomic mass is 9.98. The van der Waals surface area contributed by atoms with Gasteiger partial charge in [0.05, 0.1) is 25.3 Å². The molecule has 0 spiro atoms. The van der Waals surface area contributed by atoms with Gasteiger partial charge in [0.1, 0.15) is 12.4 Å². The third-order valence-corrected chi connectivity index (χ3v) is 5.71. The van der Waals surface area contributed by atoms with Crippen molar-refractivity contribution < 1.29 is 23.8 Å². The molecule has 0 saturated heterocycles. The van der Waals surface area contributed by atoms with Gasteiger partial charge in [0.25, 0.3) is 0 Å². The Morgan fingerprint density at radius 1 is 0.941 bits per heavy atom. The van der Waals surface area contributed by atoms with Crippen molar-refractivity contribution in [3.63, 3.8) is 0 Å². The van der Waals surface area contributed by atoms with E-state index in [1.165, 1.54) is 36.5 Å². The first-order valence-corrected chi connectivity index (χ1v) is 11.0. The fourth-order valence-corrected chi connectivity index (χ4v) is 4.08. The number of methoxy groups -OCH3 is 2. The predicted molar refractivity (Wildman–Crippen MR) is 129 cm³/mol. The van der Waals surface area contributed by atoms with Gasteiger partial charge in [0.15, 0.2) is 0 Å². The van der Waals surface area contributed by atoms with Crippen LogP contribution in [0.5, 0.6) is 5.75 Å². The van der Waals surface area contributed by atoms with E-state index in [1.54, 1.807) is 18.2 Å². The molecule has 1 aliphatic rings. The maximum absolute atomic E-state index is 12.3. The maximum atomic E-state index is 12.3. The highest BCUT2D eigenvalue weighted by molar-refractivity contribution is 5.90. The molecule has 0 unspecified atom stereocenters. The molecule has 0 aromatic heterocycles. The summed E-state index contributed by atoms with van der Waals surface area (Å²) in [6.45, 7) is 0.603. The Morgan fingerprint density at radius 2 is 1.62 bits per heavy atom. The van der Waals surface area contributed by atoms with E-state index in [0.29, 0.717) is 29.8 Å². The molecule has 3 aromatic carbocycles. The Balaban J connectivity index is 1.31. The molecule has 0 saturated carbocycles. The molecule has 172 valence electrons. The summed E-state index contributed by atoms with van der Waals surface area (Å²) in [7, 11) is 2.87.